The second kappa shape index (κ2) is 41.5. The Bertz CT molecular complexity index is 5030. The van der Waals surface area contributed by atoms with E-state index in [1.165, 1.54) is 56.8 Å². The van der Waals surface area contributed by atoms with Crippen LogP contribution in [0.2, 0.25) is 10.0 Å². The van der Waals surface area contributed by atoms with Gasteiger partial charge in [0.15, 0.2) is 41.7 Å². The molecule has 9 heterocycles. The van der Waals surface area contributed by atoms with Crippen molar-refractivity contribution in [3.05, 3.63) is 153 Å². The Morgan fingerprint density at radius 2 is 1.31 bits per heavy atom. The highest BCUT2D eigenvalue weighted by atomic mass is 35.5. The number of carbonyl (C=O) groups excluding carboxylic acids is 7. The Morgan fingerprint density at radius 1 is 0.672 bits per heavy atom. The molecule has 11 bridgehead atoms. The van der Waals surface area contributed by atoms with Crippen LogP contribution in [0.15, 0.2) is 109 Å². The number of piperazine rings is 1. The number of benzene rings is 6. The smallest absolute Gasteiger partial charge is 0.330 e. The molecular weight excluding hydrogens is 1710 g/mol. The van der Waals surface area contributed by atoms with E-state index in [1.807, 2.05) is 32.0 Å². The van der Waals surface area contributed by atoms with Gasteiger partial charge in [0.25, 0.3) is 0 Å². The maximum Gasteiger partial charge on any atom is 0.330 e. The lowest BCUT2D eigenvalue weighted by molar-refractivity contribution is -0.351. The standard InChI is InChI=1S/C88H107Cl2N9O28.CH4/c1-39(2)25-53(93-5)83(116)96-69-56(104)29-46(32-64(91)106)81(114)94-67-45-30-61(121-58-18-15-43(71(69)107)27-51(58)89)78(126-87-76(112)74(110)79(63(38-100)124-87)127-86-75(111)73(109)72(108)60(123-86)13-9-10-20-98-21-23-99(24-22-98)37-41-11-7-6-8-12-41)62(31-45)122-59-19-16-44(28-52(59)90)77(125-65-36-88(4,92)80(113)40(3)120-65)70-84(117)95-68(85(118)119)50-33-47(101)34-55(103)66(50)49-26-42(14-17-54(49)102)48(35-57(67)105)82(115)97-70;/h6-8,11-12,14-19,26-28,30-31,33-34,39-40,46,48,53,60,63,65,67-77,79-80,86-87,93,100-103,107-113H,9-10,13,20-25,29,32,35-38,92H2,1-5H3,(H2,91,106)(H,94,114)(H,95,117)(H,96,116)(H,97,115)(H,118,119);1H4/t40-,46-,48+,53+,60+,63+,65?,67+,68+,69?,70-,71+,72-,73-,74+,75+,76+,77+,79+,80-,86-,87-,88-;/m0./s1. The quantitative estimate of drug-likeness (QED) is 0.0432. The molecule has 6 aromatic carbocycles. The van der Waals surface area contributed by atoms with E-state index >= 15 is 24.0 Å². The van der Waals surface area contributed by atoms with Crippen LogP contribution in [0.25, 0.3) is 11.1 Å². The molecule has 37 nitrogen and oxygen atoms in total. The minimum absolute atomic E-state index is 0. The number of aliphatic hydroxyl groups is 8. The zero-order chi connectivity index (χ0) is 91.5. The molecule has 5 amide bonds. The average molecular weight is 1830 g/mol. The maximum atomic E-state index is 16.6. The molecule has 9 aliphatic rings. The van der Waals surface area contributed by atoms with Gasteiger partial charge in [0, 0.05) is 86.7 Å². The Hall–Kier alpha value is -9.82. The average Bonchev–Trinajstić information content (AvgIpc) is 0.761. The number of fused-ring (bicyclic) bond motifs is 15. The van der Waals surface area contributed by atoms with Crippen LogP contribution in [0.5, 0.6) is 46.0 Å². The number of aromatic hydroxyl groups is 3. The summed E-state index contributed by atoms with van der Waals surface area (Å²) in [5.74, 6) is -19.2. The van der Waals surface area contributed by atoms with E-state index < -0.39 is 280 Å². The molecule has 128 heavy (non-hydrogen) atoms. The molecule has 39 heteroatoms. The number of amides is 5. The lowest BCUT2D eigenvalue weighted by atomic mass is 9.84. The lowest BCUT2D eigenvalue weighted by Crippen LogP contribution is -2.64. The number of carbonyl (C=O) groups is 8. The van der Waals surface area contributed by atoms with Gasteiger partial charge < -0.3 is 142 Å². The maximum absolute atomic E-state index is 16.6. The summed E-state index contributed by atoms with van der Waals surface area (Å²) in [6.07, 6.45) is -28.8. The SMILES string of the molecule is C.CN[C@H](CC(C)C)C(=O)NC1C(=O)C[C@@H](CC(N)=O)C(=O)N[C@H]2C(=O)C[C@H]3C(=O)N[C@H](C(=O)N[C@@H](C(=O)O)c4cc(O)cc(O)c4-c4cc3ccc4O)[C@H](OC3C[C@](C)(N)[C@@H](O)[C@H](C)O3)c3ccc(c(Cl)c3)Oc3cc2cc(c3O[C@@H]2O[C@H](CO)[C@@H](O[C@@H]3O[C@H](CCCCN4CCN(Cc5ccccc5)CC4)[C@H](O)[C@H](O)[C@H]3O)[C@H](O)[C@H]2O)Oc2ccc(cc2Cl)[C@H]1O. The number of phenols is 3. The summed E-state index contributed by atoms with van der Waals surface area (Å²) in [5.41, 5.74) is 9.77. The Kier molecular flexibility index (Phi) is 31.5. The Balaban J connectivity index is 0.0000149. The molecule has 4 fully saturated rings. The molecule has 9 aliphatic heterocycles. The number of ether oxygens (including phenoxy) is 8. The molecule has 0 spiro atoms. The van der Waals surface area contributed by atoms with Gasteiger partial charge in [-0.15, -0.1) is 0 Å². The number of carboxylic acid groups (broad SMARTS) is 1. The number of hydrogen-bond acceptors (Lipinski definition) is 31. The first-order valence-electron chi connectivity index (χ1n) is 41.9. The molecule has 2 unspecified atom stereocenters. The van der Waals surface area contributed by atoms with Crippen molar-refractivity contribution < 1.29 is 138 Å². The van der Waals surface area contributed by atoms with E-state index in [0.717, 1.165) is 81.3 Å². The largest absolute Gasteiger partial charge is 0.508 e. The first-order valence-corrected chi connectivity index (χ1v) is 42.7. The third kappa shape index (κ3) is 21.9. The van der Waals surface area contributed by atoms with Crippen LogP contribution in [0, 0.1) is 11.8 Å². The fourth-order valence-electron chi connectivity index (χ4n) is 17.3. The molecule has 6 aromatic rings. The van der Waals surface area contributed by atoms with Gasteiger partial charge in [-0.3, -0.25) is 38.5 Å². The summed E-state index contributed by atoms with van der Waals surface area (Å²) in [6, 6.07) is 14.7. The number of Topliss-reactive ketones (excluding diaryl/α,β-unsaturated/α-hetero) is 2. The number of unbranched alkanes of at least 4 members (excludes halogenated alkanes) is 1. The van der Waals surface area contributed by atoms with E-state index in [0.29, 0.717) is 19.4 Å². The number of rotatable bonds is 22. The summed E-state index contributed by atoms with van der Waals surface area (Å²) in [5, 5.41) is 152. The topological polar surface area (TPSA) is 572 Å². The van der Waals surface area contributed by atoms with Crippen molar-refractivity contribution in [3.8, 4) is 57.1 Å². The number of nitrogens with zero attached hydrogens (tertiary/aromatic N) is 2. The predicted molar refractivity (Wildman–Crippen MR) is 456 cm³/mol. The highest BCUT2D eigenvalue weighted by Gasteiger charge is 2.53. The summed E-state index contributed by atoms with van der Waals surface area (Å²) >= 11 is 14.6. The Labute approximate surface area is 746 Å². The number of nitrogens with one attached hydrogen (secondary N) is 5. The number of primary amides is 1. The predicted octanol–water partition coefficient (Wildman–Crippen LogP) is 3.54. The van der Waals surface area contributed by atoms with Crippen molar-refractivity contribution >= 4 is 70.3 Å². The van der Waals surface area contributed by atoms with Gasteiger partial charge in [-0.05, 0) is 141 Å². The van der Waals surface area contributed by atoms with Gasteiger partial charge in [0.05, 0.1) is 52.8 Å². The minimum Gasteiger partial charge on any atom is -0.508 e. The molecule has 0 aromatic heterocycles. The number of phenolic OH excluding ortho intramolecular Hbond substituents is 3. The number of aliphatic carboxylic acids is 1. The van der Waals surface area contributed by atoms with E-state index in [2.05, 4.69) is 48.5 Å². The van der Waals surface area contributed by atoms with Crippen LogP contribution in [0.4, 0.5) is 0 Å². The van der Waals surface area contributed by atoms with E-state index in [4.69, 9.17) is 72.6 Å². The van der Waals surface area contributed by atoms with Gasteiger partial charge in [-0.1, -0.05) is 93.0 Å². The minimum atomic E-state index is -2.32. The summed E-state index contributed by atoms with van der Waals surface area (Å²) in [4.78, 5) is 126. The van der Waals surface area contributed by atoms with E-state index in [9.17, 15) is 75.7 Å². The number of likely N-dealkylation sites (N-methyl/N-ethyl adjacent to an activating group) is 1. The number of ketones is 2. The van der Waals surface area contributed by atoms with Crippen molar-refractivity contribution in [1.82, 2.24) is 36.4 Å². The molecule has 694 valence electrons. The first-order chi connectivity index (χ1) is 60.4. The fraction of sp³-hybridized carbons (Fsp3) is 0.506. The third-order valence-electron chi connectivity index (χ3n) is 24.2. The number of carboxylic acids is 1. The van der Waals surface area contributed by atoms with Crippen molar-refractivity contribution in [1.29, 1.82) is 0 Å². The summed E-state index contributed by atoms with van der Waals surface area (Å²) in [7, 11) is 1.49. The first kappa shape index (κ1) is 97.2. The molecule has 0 radical (unpaired) electrons. The number of halogens is 2. The van der Waals surface area contributed by atoms with Crippen molar-refractivity contribution in [2.24, 2.45) is 23.3 Å². The third-order valence-corrected chi connectivity index (χ3v) is 24.8. The number of hydrogen-bond donors (Lipinski definition) is 19. The highest BCUT2D eigenvalue weighted by molar-refractivity contribution is 6.32. The summed E-state index contributed by atoms with van der Waals surface area (Å²) < 4.78 is 51.7. The van der Waals surface area contributed by atoms with Gasteiger partial charge in [0.2, 0.25) is 41.6 Å². The second-order valence-corrected chi connectivity index (χ2v) is 34.8. The number of nitrogens with two attached hydrogens (primary N) is 2. The van der Waals surface area contributed by atoms with Crippen LogP contribution in [0.1, 0.15) is 150 Å². The van der Waals surface area contributed by atoms with Crippen molar-refractivity contribution in [3.63, 3.8) is 0 Å². The van der Waals surface area contributed by atoms with Crippen LogP contribution in [0.3, 0.4) is 0 Å². The van der Waals surface area contributed by atoms with E-state index in [-0.39, 0.29) is 60.1 Å². The molecule has 23 atom stereocenters. The van der Waals surface area contributed by atoms with Crippen LogP contribution in [-0.2, 0) is 68.6 Å². The monoisotopic (exact) mass is 1820 g/mol. The highest BCUT2D eigenvalue weighted by Crippen LogP contribution is 2.51. The molecule has 0 saturated carbocycles. The molecular formula is C89H111Cl2N9O28. The summed E-state index contributed by atoms with van der Waals surface area (Å²) in [6.45, 7) is 10.4. The Morgan fingerprint density at radius 3 is 1.95 bits per heavy atom. The van der Waals surface area contributed by atoms with Gasteiger partial charge in [-0.25, -0.2) is 4.79 Å². The van der Waals surface area contributed by atoms with Gasteiger partial charge >= 0.3 is 5.97 Å². The van der Waals surface area contributed by atoms with Crippen molar-refractivity contribution in [2.45, 2.75) is 227 Å². The molecule has 15 rings (SSSR count). The van der Waals surface area contributed by atoms with Gasteiger partial charge in [-0.2, -0.15) is 0 Å². The van der Waals surface area contributed by atoms with Crippen LogP contribution in [-0.4, -0.2) is 268 Å². The van der Waals surface area contributed by atoms with E-state index in [1.54, 1.807) is 0 Å². The van der Waals surface area contributed by atoms with Crippen molar-refractivity contribution in [2.75, 3.05) is 46.4 Å². The molecule has 21 N–H and O–H groups in total. The zero-order valence-electron chi connectivity index (χ0n) is 70.0. The normalized spacial score (nSPS) is 30.4. The second-order valence-electron chi connectivity index (χ2n) is 34.0. The zero-order valence-corrected chi connectivity index (χ0v) is 71.5. The van der Waals surface area contributed by atoms with Crippen LogP contribution < -0.4 is 52.3 Å². The lowest BCUT2D eigenvalue weighted by Gasteiger charge is -2.46. The fourth-order valence-corrected chi connectivity index (χ4v) is 17.7. The number of aliphatic hydroxyl groups excluding tert-OH is 8. The molecule has 4 saturated heterocycles. The van der Waals surface area contributed by atoms with Gasteiger partial charge in [0.1, 0.15) is 102 Å². The van der Waals surface area contributed by atoms with Crippen LogP contribution >= 0.6 is 23.2 Å². The molecule has 0 aliphatic carbocycles.